The van der Waals surface area contributed by atoms with Gasteiger partial charge < -0.3 is 79.4 Å². The Bertz CT molecular complexity index is 1300. The fourth-order valence-electron chi connectivity index (χ4n) is 4.29. The minimum atomic E-state index is -6.38. The summed E-state index contributed by atoms with van der Waals surface area (Å²) in [5.41, 5.74) is 0. The predicted molar refractivity (Wildman–Crippen MR) is 134 cm³/mol. The van der Waals surface area contributed by atoms with Gasteiger partial charge in [-0.2, -0.15) is 0 Å². The second-order valence-corrected chi connectivity index (χ2v) is 16.7. The zero-order valence-corrected chi connectivity index (χ0v) is 27.4. The van der Waals surface area contributed by atoms with Crippen LogP contribution in [0.5, 0.6) is 0 Å². The molecule has 2 aliphatic rings. The van der Waals surface area contributed by atoms with Gasteiger partial charge in [0.15, 0.2) is 0 Å². The molecule has 0 amide bonds. The summed E-state index contributed by atoms with van der Waals surface area (Å²) in [7, 11) is -37.4. The summed E-state index contributed by atoms with van der Waals surface area (Å²) in [5.74, 6) is 0. The van der Waals surface area contributed by atoms with E-state index in [0.29, 0.717) is 0 Å². The van der Waals surface area contributed by atoms with Crippen LogP contribution < -0.4 is 0 Å². The lowest BCUT2D eigenvalue weighted by Gasteiger charge is -2.48. The van der Waals surface area contributed by atoms with Crippen molar-refractivity contribution in [3.63, 3.8) is 0 Å². The van der Waals surface area contributed by atoms with E-state index in [9.17, 15) is 107 Å². The second-order valence-electron chi connectivity index (χ2n) is 9.36. The summed E-state index contributed by atoms with van der Waals surface area (Å²) in [5, 5.41) is 49.5. The summed E-state index contributed by atoms with van der Waals surface area (Å²) in [6.45, 7) is 0. The Morgan fingerprint density at radius 3 is 0.660 bits per heavy atom. The van der Waals surface area contributed by atoms with Crippen LogP contribution >= 0.6 is 46.9 Å². The number of hydrogen-bond donors (Lipinski definition) is 16. The lowest BCUT2D eigenvalue weighted by molar-refractivity contribution is -0.225. The molecular weight excluding hydrogens is 794 g/mol. The van der Waals surface area contributed by atoms with Crippen molar-refractivity contribution in [2.24, 2.45) is 0 Å². The number of phosphoric acid groups is 6. The zero-order chi connectivity index (χ0) is 36.9. The highest BCUT2D eigenvalue weighted by atomic mass is 31.2. The van der Waals surface area contributed by atoms with Gasteiger partial charge in [-0.05, 0) is 0 Å². The highest BCUT2D eigenvalue weighted by Crippen LogP contribution is 2.58. The number of phosphoric ester groups is 6. The SMILES string of the molecule is O=P(O)(O)OC1[C@@H](OP(=O)(O)O)[C@H](OP(=O)(O)O)C(OP(=O)(O)OC2C(O)C(O)C(O)C(O)C2O)[C@@H](OP(=O)(O)O)[C@H]1OP(=O)(O)O. The Hall–Kier alpha value is 0.460. The molecule has 2 fully saturated rings. The number of rotatable bonds is 14. The topological polar surface area (TPSA) is 491 Å². The average Bonchev–Trinajstić information content (AvgIpc) is 2.82. The highest BCUT2D eigenvalue weighted by molar-refractivity contribution is 7.48. The van der Waals surface area contributed by atoms with E-state index in [1.165, 1.54) is 0 Å². The van der Waals surface area contributed by atoms with Gasteiger partial charge in [0, 0.05) is 0 Å². The van der Waals surface area contributed by atoms with Crippen molar-refractivity contribution >= 4 is 46.9 Å². The number of aliphatic hydroxyl groups is 5. The van der Waals surface area contributed by atoms with Crippen LogP contribution in [0, 0.1) is 0 Å². The van der Waals surface area contributed by atoms with Gasteiger partial charge in [-0.3, -0.25) is 31.7 Å². The average molecular weight is 822 g/mol. The first-order valence-electron chi connectivity index (χ1n) is 11.5. The smallest absolute Gasteiger partial charge is 0.387 e. The van der Waals surface area contributed by atoms with Gasteiger partial charge in [-0.1, -0.05) is 0 Å². The van der Waals surface area contributed by atoms with Crippen LogP contribution in [0.1, 0.15) is 0 Å². The lowest BCUT2D eigenvalue weighted by Crippen LogP contribution is -2.66. The Morgan fingerprint density at radius 2 is 0.447 bits per heavy atom. The predicted octanol–water partition coefficient (Wildman–Crippen LogP) is -5.92. The van der Waals surface area contributed by atoms with E-state index in [-0.39, 0.29) is 0 Å². The van der Waals surface area contributed by atoms with Crippen LogP contribution in [0.15, 0.2) is 0 Å². The molecule has 0 radical (unpaired) electrons. The number of aliphatic hydroxyl groups excluding tert-OH is 5. The molecule has 280 valence electrons. The van der Waals surface area contributed by atoms with E-state index in [1.54, 1.807) is 0 Å². The van der Waals surface area contributed by atoms with Crippen LogP contribution in [0.4, 0.5) is 0 Å². The summed E-state index contributed by atoms with van der Waals surface area (Å²) < 4.78 is 102. The molecule has 0 heterocycles. The fourth-order valence-corrected chi connectivity index (χ4v) is 8.23. The van der Waals surface area contributed by atoms with Gasteiger partial charge in [0.25, 0.3) is 0 Å². The monoisotopic (exact) mass is 822 g/mol. The standard InChI is InChI=1S/C12H28O29P6/c13-1-2(14)4(16)6(5(17)3(1)15)40-47(33,34)41-12-10(38-45(27,28)29)8(36-43(21,22)23)7(35-42(18,19)20)9(37-44(24,25)26)11(12)39-46(30,31)32/h1-17H,(H,33,34)(H2,18,19,20)(H2,21,22,23)(H2,24,25,26)(H2,27,28,29)(H2,30,31,32)/t1?,2?,3?,4?,5?,6?,7?,8-,9+,10-,11-,12?/m0/s1. The first kappa shape index (κ1) is 43.6. The van der Waals surface area contributed by atoms with Gasteiger partial charge in [0.1, 0.15) is 73.2 Å². The molecule has 0 saturated heterocycles. The fraction of sp³-hybridized carbons (Fsp3) is 1.00. The van der Waals surface area contributed by atoms with Gasteiger partial charge in [-0.15, -0.1) is 0 Å². The molecular formula is C12H28O29P6. The lowest BCUT2D eigenvalue weighted by atomic mass is 9.85. The molecule has 0 aromatic heterocycles. The van der Waals surface area contributed by atoms with E-state index in [2.05, 4.69) is 31.7 Å². The molecule has 29 nitrogen and oxygen atoms in total. The van der Waals surface area contributed by atoms with Crippen LogP contribution in [0.3, 0.4) is 0 Å². The Balaban J connectivity index is 2.86. The maximum absolute atomic E-state index is 13.1. The van der Waals surface area contributed by atoms with Crippen molar-refractivity contribution in [2.75, 3.05) is 0 Å². The minimum Gasteiger partial charge on any atom is -0.387 e. The first-order valence-corrected chi connectivity index (χ1v) is 20.7. The van der Waals surface area contributed by atoms with Crippen molar-refractivity contribution in [3.05, 3.63) is 0 Å². The van der Waals surface area contributed by atoms with E-state index < -0.39 is 120 Å². The molecule has 11 atom stereocenters. The molecule has 0 aromatic carbocycles. The summed E-state index contributed by atoms with van der Waals surface area (Å²) in [4.78, 5) is 104. The molecule has 0 spiro atoms. The Kier molecular flexibility index (Phi) is 14.1. The summed E-state index contributed by atoms with van der Waals surface area (Å²) in [6, 6.07) is 0. The molecule has 35 heteroatoms. The third-order valence-corrected chi connectivity index (χ3v) is 9.43. The molecule has 47 heavy (non-hydrogen) atoms. The third-order valence-electron chi connectivity index (χ3n) is 5.82. The Morgan fingerprint density at radius 1 is 0.277 bits per heavy atom. The van der Waals surface area contributed by atoms with Crippen molar-refractivity contribution in [3.8, 4) is 0 Å². The van der Waals surface area contributed by atoms with E-state index >= 15 is 0 Å². The zero-order valence-electron chi connectivity index (χ0n) is 22.1. The Labute approximate surface area is 259 Å². The molecule has 0 bridgehead atoms. The molecule has 2 aliphatic carbocycles. The molecule has 2 saturated carbocycles. The third kappa shape index (κ3) is 13.2. The van der Waals surface area contributed by atoms with Crippen LogP contribution in [-0.2, 0) is 59.1 Å². The number of hydrogen-bond acceptors (Lipinski definition) is 18. The largest absolute Gasteiger partial charge is 0.473 e. The van der Waals surface area contributed by atoms with Crippen LogP contribution in [0.2, 0.25) is 0 Å². The van der Waals surface area contributed by atoms with Crippen LogP contribution in [0.25, 0.3) is 0 Å². The van der Waals surface area contributed by atoms with Crippen molar-refractivity contribution in [1.29, 1.82) is 0 Å². The maximum atomic E-state index is 13.1. The molecule has 16 N–H and O–H groups in total. The summed E-state index contributed by atoms with van der Waals surface area (Å²) in [6.07, 6.45) is -35.1. The quantitative estimate of drug-likeness (QED) is 0.0725. The van der Waals surface area contributed by atoms with Crippen molar-refractivity contribution in [2.45, 2.75) is 73.2 Å². The van der Waals surface area contributed by atoms with Crippen LogP contribution in [-0.4, -0.2) is 153 Å². The van der Waals surface area contributed by atoms with Crippen molar-refractivity contribution < 1.29 is 138 Å². The highest BCUT2D eigenvalue weighted by Gasteiger charge is 2.63. The van der Waals surface area contributed by atoms with Crippen molar-refractivity contribution in [1.82, 2.24) is 0 Å². The normalized spacial score (nSPS) is 37.8. The first-order chi connectivity index (χ1) is 20.7. The summed E-state index contributed by atoms with van der Waals surface area (Å²) >= 11 is 0. The van der Waals surface area contributed by atoms with E-state index in [4.69, 9.17) is 0 Å². The molecule has 0 aliphatic heterocycles. The van der Waals surface area contributed by atoms with Gasteiger partial charge in [-0.25, -0.2) is 27.4 Å². The van der Waals surface area contributed by atoms with Gasteiger partial charge in [0.2, 0.25) is 0 Å². The molecule has 0 aromatic rings. The molecule has 7 unspecified atom stereocenters. The minimum absolute atomic E-state index is 2.32. The van der Waals surface area contributed by atoms with Gasteiger partial charge >= 0.3 is 46.9 Å². The van der Waals surface area contributed by atoms with Gasteiger partial charge in [0.05, 0.1) is 0 Å². The van der Waals surface area contributed by atoms with E-state index in [1.807, 2.05) is 0 Å². The second kappa shape index (κ2) is 15.2. The van der Waals surface area contributed by atoms with E-state index in [0.717, 1.165) is 0 Å². The molecule has 2 rings (SSSR count). The maximum Gasteiger partial charge on any atom is 0.473 e.